The molecule has 1 amide bonds. The van der Waals surface area contributed by atoms with Gasteiger partial charge < -0.3 is 19.5 Å². The van der Waals surface area contributed by atoms with Crippen LogP contribution in [0, 0.1) is 0 Å². The molecule has 0 saturated carbocycles. The molecule has 7 nitrogen and oxygen atoms in total. The number of carbonyl (C=O) groups excluding carboxylic acids is 2. The Morgan fingerprint density at radius 3 is 2.62 bits per heavy atom. The smallest absolute Gasteiger partial charge is 0.415 e. The molecule has 2 rings (SSSR count). The molecule has 21 heavy (non-hydrogen) atoms. The van der Waals surface area contributed by atoms with Crippen LogP contribution in [0.4, 0.5) is 16.2 Å². The number of amides is 1. The summed E-state index contributed by atoms with van der Waals surface area (Å²) in [5.41, 5.74) is 1.30. The third-order valence-corrected chi connectivity index (χ3v) is 3.21. The standard InChI is InChI=1S/C14H16N2O5/c1-9(17)15(2)10-4-6-11(7-5-10)16-8-12(13(18)20-3)21-14(16)19/h4-7,12,17H,1,8H2,2-3H3/t12-/m1/s1. The van der Waals surface area contributed by atoms with Crippen molar-refractivity contribution in [2.75, 3.05) is 30.5 Å². The Hall–Kier alpha value is -2.70. The van der Waals surface area contributed by atoms with Gasteiger partial charge in [0.25, 0.3) is 0 Å². The van der Waals surface area contributed by atoms with Crippen molar-refractivity contribution in [1.29, 1.82) is 0 Å². The Kier molecular flexibility index (Phi) is 4.02. The molecule has 1 aliphatic rings. The number of hydrogen-bond donors (Lipinski definition) is 1. The second kappa shape index (κ2) is 5.74. The fraction of sp³-hybridized carbons (Fsp3) is 0.286. The van der Waals surface area contributed by atoms with Crippen LogP contribution in [0.2, 0.25) is 0 Å². The Morgan fingerprint density at radius 1 is 1.48 bits per heavy atom. The van der Waals surface area contributed by atoms with Crippen LogP contribution in [0.25, 0.3) is 0 Å². The molecular formula is C14H16N2O5. The van der Waals surface area contributed by atoms with Gasteiger partial charge in [-0.25, -0.2) is 9.59 Å². The lowest BCUT2D eigenvalue weighted by Crippen LogP contribution is -2.28. The summed E-state index contributed by atoms with van der Waals surface area (Å²) in [6.07, 6.45) is -1.51. The minimum atomic E-state index is -0.915. The van der Waals surface area contributed by atoms with Crippen LogP contribution in [0.5, 0.6) is 0 Å². The number of benzene rings is 1. The van der Waals surface area contributed by atoms with Crippen molar-refractivity contribution >= 4 is 23.4 Å². The van der Waals surface area contributed by atoms with E-state index in [2.05, 4.69) is 11.3 Å². The largest absolute Gasteiger partial charge is 0.495 e. The van der Waals surface area contributed by atoms with Gasteiger partial charge in [0.15, 0.2) is 5.88 Å². The number of ether oxygens (including phenoxy) is 2. The van der Waals surface area contributed by atoms with Gasteiger partial charge >= 0.3 is 12.1 Å². The molecule has 1 saturated heterocycles. The molecule has 1 N–H and O–H groups in total. The van der Waals surface area contributed by atoms with Crippen molar-refractivity contribution in [3.8, 4) is 0 Å². The van der Waals surface area contributed by atoms with Crippen LogP contribution in [0.15, 0.2) is 36.7 Å². The van der Waals surface area contributed by atoms with Crippen molar-refractivity contribution in [2.24, 2.45) is 0 Å². The van der Waals surface area contributed by atoms with Crippen LogP contribution >= 0.6 is 0 Å². The summed E-state index contributed by atoms with van der Waals surface area (Å²) in [6.45, 7) is 3.53. The molecule has 0 aromatic heterocycles. The maximum absolute atomic E-state index is 11.8. The van der Waals surface area contributed by atoms with Crippen molar-refractivity contribution in [3.05, 3.63) is 36.7 Å². The molecule has 1 aromatic rings. The van der Waals surface area contributed by atoms with Crippen molar-refractivity contribution in [3.63, 3.8) is 0 Å². The lowest BCUT2D eigenvalue weighted by atomic mass is 10.2. The Morgan fingerprint density at radius 2 is 2.10 bits per heavy atom. The first-order valence-electron chi connectivity index (χ1n) is 6.21. The highest BCUT2D eigenvalue weighted by Crippen LogP contribution is 2.25. The molecule has 1 aliphatic heterocycles. The van der Waals surface area contributed by atoms with Gasteiger partial charge in [-0.15, -0.1) is 0 Å². The minimum absolute atomic E-state index is 0.0888. The van der Waals surface area contributed by atoms with E-state index >= 15 is 0 Å². The number of methoxy groups -OCH3 is 1. The maximum atomic E-state index is 11.8. The normalized spacial score (nSPS) is 17.3. The van der Waals surface area contributed by atoms with Gasteiger partial charge in [-0.3, -0.25) is 4.90 Å². The predicted octanol–water partition coefficient (Wildman–Crippen LogP) is 1.65. The van der Waals surface area contributed by atoms with Crippen LogP contribution < -0.4 is 9.80 Å². The van der Waals surface area contributed by atoms with Gasteiger partial charge in [-0.1, -0.05) is 0 Å². The average molecular weight is 292 g/mol. The van der Waals surface area contributed by atoms with E-state index in [1.54, 1.807) is 31.3 Å². The number of esters is 1. The maximum Gasteiger partial charge on any atom is 0.415 e. The highest BCUT2D eigenvalue weighted by atomic mass is 16.6. The number of cyclic esters (lactones) is 1. The lowest BCUT2D eigenvalue weighted by molar-refractivity contribution is -0.148. The summed E-state index contributed by atoms with van der Waals surface area (Å²) >= 11 is 0. The molecule has 1 fully saturated rings. The molecule has 0 radical (unpaired) electrons. The Labute approximate surface area is 122 Å². The summed E-state index contributed by atoms with van der Waals surface area (Å²) in [7, 11) is 2.90. The van der Waals surface area contributed by atoms with E-state index in [-0.39, 0.29) is 12.4 Å². The third kappa shape index (κ3) is 2.91. The second-order valence-electron chi connectivity index (χ2n) is 4.50. The number of carbonyl (C=O) groups is 2. The first kappa shape index (κ1) is 14.7. The number of hydrogen-bond acceptors (Lipinski definition) is 6. The Bertz CT molecular complexity index is 569. The van der Waals surface area contributed by atoms with Gasteiger partial charge in [-0.2, -0.15) is 0 Å². The zero-order valence-electron chi connectivity index (χ0n) is 11.8. The van der Waals surface area contributed by atoms with E-state index in [9.17, 15) is 14.7 Å². The number of aliphatic hydroxyl groups is 1. The van der Waals surface area contributed by atoms with E-state index in [0.29, 0.717) is 11.4 Å². The van der Waals surface area contributed by atoms with Gasteiger partial charge in [0.2, 0.25) is 6.10 Å². The first-order chi connectivity index (χ1) is 9.93. The molecule has 7 heteroatoms. The quantitative estimate of drug-likeness (QED) is 0.671. The van der Waals surface area contributed by atoms with Crippen LogP contribution in [0.1, 0.15) is 0 Å². The van der Waals surface area contributed by atoms with Crippen molar-refractivity contribution in [1.82, 2.24) is 0 Å². The molecule has 1 aromatic carbocycles. The summed E-state index contributed by atoms with van der Waals surface area (Å²) < 4.78 is 9.50. The van der Waals surface area contributed by atoms with Gasteiger partial charge in [0, 0.05) is 18.4 Å². The molecule has 0 unspecified atom stereocenters. The monoisotopic (exact) mass is 292 g/mol. The summed E-state index contributed by atoms with van der Waals surface area (Å²) in [5.74, 6) is -0.673. The van der Waals surface area contributed by atoms with E-state index < -0.39 is 18.2 Å². The molecular weight excluding hydrogens is 276 g/mol. The number of nitrogens with zero attached hydrogens (tertiary/aromatic N) is 2. The molecule has 0 aliphatic carbocycles. The minimum Gasteiger partial charge on any atom is -0.495 e. The number of anilines is 2. The molecule has 1 heterocycles. The Balaban J connectivity index is 2.14. The summed E-state index contributed by atoms with van der Waals surface area (Å²) in [6, 6.07) is 6.82. The zero-order valence-corrected chi connectivity index (χ0v) is 11.8. The van der Waals surface area contributed by atoms with Gasteiger partial charge in [0.05, 0.1) is 13.7 Å². The fourth-order valence-corrected chi connectivity index (χ4v) is 1.93. The van der Waals surface area contributed by atoms with Crippen LogP contribution in [0.3, 0.4) is 0 Å². The molecule has 1 atom stereocenters. The van der Waals surface area contributed by atoms with Crippen LogP contribution in [-0.4, -0.2) is 44.0 Å². The highest BCUT2D eigenvalue weighted by Gasteiger charge is 2.37. The van der Waals surface area contributed by atoms with Gasteiger partial charge in [0.1, 0.15) is 0 Å². The second-order valence-corrected chi connectivity index (χ2v) is 4.50. The number of rotatable bonds is 4. The van der Waals surface area contributed by atoms with E-state index in [0.717, 1.165) is 0 Å². The van der Waals surface area contributed by atoms with Crippen LogP contribution in [-0.2, 0) is 14.3 Å². The topological polar surface area (TPSA) is 79.3 Å². The zero-order chi connectivity index (χ0) is 15.6. The molecule has 112 valence electrons. The predicted molar refractivity (Wildman–Crippen MR) is 76.2 cm³/mol. The van der Waals surface area contributed by atoms with E-state index in [4.69, 9.17) is 4.74 Å². The summed E-state index contributed by atoms with van der Waals surface area (Å²) in [5, 5.41) is 9.32. The van der Waals surface area contributed by atoms with E-state index in [1.165, 1.54) is 16.9 Å². The lowest BCUT2D eigenvalue weighted by Gasteiger charge is -2.18. The first-order valence-corrected chi connectivity index (χ1v) is 6.21. The third-order valence-electron chi connectivity index (χ3n) is 3.21. The average Bonchev–Trinajstić information content (AvgIpc) is 2.87. The fourth-order valence-electron chi connectivity index (χ4n) is 1.93. The number of aliphatic hydroxyl groups excluding tert-OH is 1. The SMILES string of the molecule is C=C(O)N(C)c1ccc(N2C[C@H](C(=O)OC)OC2=O)cc1. The summed E-state index contributed by atoms with van der Waals surface area (Å²) in [4.78, 5) is 26.0. The van der Waals surface area contributed by atoms with Crippen molar-refractivity contribution in [2.45, 2.75) is 6.10 Å². The van der Waals surface area contributed by atoms with Crippen molar-refractivity contribution < 1.29 is 24.2 Å². The highest BCUT2D eigenvalue weighted by molar-refractivity contribution is 5.94. The van der Waals surface area contributed by atoms with Gasteiger partial charge in [-0.05, 0) is 30.8 Å². The molecule has 0 spiro atoms. The molecule has 0 bridgehead atoms. The van der Waals surface area contributed by atoms with E-state index in [1.807, 2.05) is 0 Å².